The summed E-state index contributed by atoms with van der Waals surface area (Å²) >= 11 is 0. The molecule has 0 saturated heterocycles. The van der Waals surface area contributed by atoms with Crippen LogP contribution in [0.4, 0.5) is 11.5 Å². The minimum atomic E-state index is -1.29. The third-order valence-corrected chi connectivity index (χ3v) is 3.15. The fourth-order valence-electron chi connectivity index (χ4n) is 1.45. The van der Waals surface area contributed by atoms with Gasteiger partial charge in [-0.3, -0.25) is 14.3 Å². The second-order valence-corrected chi connectivity index (χ2v) is 5.42. The molecule has 0 amide bonds. The Labute approximate surface area is 111 Å². The van der Waals surface area contributed by atoms with Crippen LogP contribution in [0.5, 0.6) is 0 Å². The molecule has 0 saturated carbocycles. The number of hydrogen-bond acceptors (Lipinski definition) is 6. The summed E-state index contributed by atoms with van der Waals surface area (Å²) in [6, 6.07) is 0.653. The van der Waals surface area contributed by atoms with Gasteiger partial charge < -0.3 is 10.4 Å². The molecule has 0 bridgehead atoms. The molecule has 0 aliphatic rings. The van der Waals surface area contributed by atoms with Crippen LogP contribution in [-0.2, 0) is 10.8 Å². The number of aromatic carboxylic acids is 1. The molecule has 2 N–H and O–H groups in total. The molecule has 1 heterocycles. The summed E-state index contributed by atoms with van der Waals surface area (Å²) < 4.78 is 11.0. The normalized spacial score (nSPS) is 13.6. The Morgan fingerprint density at radius 3 is 2.79 bits per heavy atom. The molecule has 1 rings (SSSR count). The number of carboxylic acid groups (broad SMARTS) is 1. The van der Waals surface area contributed by atoms with Crippen LogP contribution in [0.25, 0.3) is 0 Å². The maximum Gasteiger partial charge on any atom is 0.337 e. The van der Waals surface area contributed by atoms with E-state index >= 15 is 0 Å². The maximum absolute atomic E-state index is 11.0. The number of hydrogen-bond donors (Lipinski definition) is 2. The Balaban J connectivity index is 3.03. The average molecular weight is 287 g/mol. The van der Waals surface area contributed by atoms with Crippen molar-refractivity contribution < 1.29 is 19.0 Å². The molecule has 1 aromatic rings. The Kier molecular flexibility index (Phi) is 4.93. The van der Waals surface area contributed by atoms with Gasteiger partial charge >= 0.3 is 11.7 Å². The lowest BCUT2D eigenvalue weighted by molar-refractivity contribution is -0.384. The SMILES string of the molecule is CC(CS(C)=O)Nc1ncc(C(=O)O)cc1[N+](=O)[O-]. The van der Waals surface area contributed by atoms with Crippen molar-refractivity contribution in [2.24, 2.45) is 0 Å². The van der Waals surface area contributed by atoms with E-state index in [9.17, 15) is 19.1 Å². The predicted molar refractivity (Wildman–Crippen MR) is 69.9 cm³/mol. The highest BCUT2D eigenvalue weighted by molar-refractivity contribution is 7.84. The number of aromatic nitrogens is 1. The minimum Gasteiger partial charge on any atom is -0.478 e. The molecule has 19 heavy (non-hydrogen) atoms. The molecule has 1 aromatic heterocycles. The highest BCUT2D eigenvalue weighted by Gasteiger charge is 2.20. The molecular formula is C10H13N3O5S. The zero-order valence-electron chi connectivity index (χ0n) is 10.3. The molecule has 9 heteroatoms. The van der Waals surface area contributed by atoms with Crippen LogP contribution < -0.4 is 5.32 Å². The van der Waals surface area contributed by atoms with E-state index in [0.717, 1.165) is 12.3 Å². The van der Waals surface area contributed by atoms with E-state index in [-0.39, 0.29) is 17.4 Å². The van der Waals surface area contributed by atoms with Crippen molar-refractivity contribution in [2.75, 3.05) is 17.3 Å². The van der Waals surface area contributed by atoms with Gasteiger partial charge in [0.25, 0.3) is 0 Å². The number of anilines is 1. The average Bonchev–Trinajstić information content (AvgIpc) is 2.27. The van der Waals surface area contributed by atoms with Crippen LogP contribution in [0.2, 0.25) is 0 Å². The molecule has 0 fully saturated rings. The van der Waals surface area contributed by atoms with Crippen LogP contribution in [-0.4, -0.2) is 43.2 Å². The molecule has 0 radical (unpaired) electrons. The van der Waals surface area contributed by atoms with Crippen molar-refractivity contribution in [3.05, 3.63) is 27.9 Å². The summed E-state index contributed by atoms with van der Waals surface area (Å²) in [5.41, 5.74) is -0.683. The van der Waals surface area contributed by atoms with E-state index in [2.05, 4.69) is 10.3 Å². The fourth-order valence-corrected chi connectivity index (χ4v) is 2.24. The van der Waals surface area contributed by atoms with Gasteiger partial charge in [0.05, 0.1) is 10.5 Å². The van der Waals surface area contributed by atoms with E-state index < -0.39 is 27.4 Å². The number of carboxylic acids is 1. The fraction of sp³-hybridized carbons (Fsp3) is 0.400. The van der Waals surface area contributed by atoms with E-state index in [1.54, 1.807) is 6.92 Å². The molecule has 104 valence electrons. The smallest absolute Gasteiger partial charge is 0.337 e. The van der Waals surface area contributed by atoms with Crippen molar-refractivity contribution in [2.45, 2.75) is 13.0 Å². The van der Waals surface area contributed by atoms with E-state index in [0.29, 0.717) is 5.75 Å². The first-order chi connectivity index (χ1) is 8.81. The Hall–Kier alpha value is -2.03. The summed E-state index contributed by atoms with van der Waals surface area (Å²) in [6.07, 6.45) is 2.56. The first-order valence-corrected chi connectivity index (χ1v) is 6.98. The second-order valence-electron chi connectivity index (χ2n) is 3.94. The van der Waals surface area contributed by atoms with Crippen molar-refractivity contribution in [3.8, 4) is 0 Å². The van der Waals surface area contributed by atoms with Gasteiger partial charge in [-0.2, -0.15) is 0 Å². The van der Waals surface area contributed by atoms with Gasteiger partial charge in [-0.15, -0.1) is 0 Å². The Morgan fingerprint density at radius 1 is 1.68 bits per heavy atom. The van der Waals surface area contributed by atoms with Crippen LogP contribution in [0.1, 0.15) is 17.3 Å². The molecule has 8 nitrogen and oxygen atoms in total. The van der Waals surface area contributed by atoms with Gasteiger partial charge in [-0.1, -0.05) is 0 Å². The van der Waals surface area contributed by atoms with Crippen LogP contribution in [0.15, 0.2) is 12.3 Å². The molecule has 2 atom stereocenters. The van der Waals surface area contributed by atoms with Gasteiger partial charge in [0.2, 0.25) is 5.82 Å². The zero-order chi connectivity index (χ0) is 14.6. The first kappa shape index (κ1) is 15.0. The van der Waals surface area contributed by atoms with Gasteiger partial charge in [-0.25, -0.2) is 9.78 Å². The molecule has 0 aromatic carbocycles. The lowest BCUT2D eigenvalue weighted by Gasteiger charge is -2.13. The molecule has 0 spiro atoms. The van der Waals surface area contributed by atoms with Crippen molar-refractivity contribution in [1.82, 2.24) is 4.98 Å². The quantitative estimate of drug-likeness (QED) is 0.587. The summed E-state index contributed by atoms with van der Waals surface area (Å²) in [6.45, 7) is 1.71. The van der Waals surface area contributed by atoms with Crippen LogP contribution >= 0.6 is 0 Å². The van der Waals surface area contributed by atoms with Gasteiger partial charge in [0.15, 0.2) is 0 Å². The Bertz CT molecular complexity index is 534. The van der Waals surface area contributed by atoms with E-state index in [4.69, 9.17) is 5.11 Å². The monoisotopic (exact) mass is 287 g/mol. The summed E-state index contributed by atoms with van der Waals surface area (Å²) in [7, 11) is -1.05. The zero-order valence-corrected chi connectivity index (χ0v) is 11.1. The lowest BCUT2D eigenvalue weighted by Crippen LogP contribution is -2.23. The highest BCUT2D eigenvalue weighted by atomic mass is 32.2. The maximum atomic E-state index is 11.0. The van der Waals surface area contributed by atoms with E-state index in [1.807, 2.05) is 0 Å². The standard InChI is InChI=1S/C10H13N3O5S/c1-6(5-19(2)18)12-9-8(13(16)17)3-7(4-11-9)10(14)15/h3-4,6H,5H2,1-2H3,(H,11,12)(H,14,15). The first-order valence-electron chi connectivity index (χ1n) is 5.25. The topological polar surface area (TPSA) is 122 Å². The number of nitro groups is 1. The van der Waals surface area contributed by atoms with Crippen LogP contribution in [0, 0.1) is 10.1 Å². The summed E-state index contributed by atoms with van der Waals surface area (Å²) in [5, 5.41) is 22.4. The predicted octanol–water partition coefficient (Wildman–Crippen LogP) is 0.867. The number of nitrogens with one attached hydrogen (secondary N) is 1. The van der Waals surface area contributed by atoms with Gasteiger partial charge in [-0.05, 0) is 6.92 Å². The summed E-state index contributed by atoms with van der Waals surface area (Å²) in [4.78, 5) is 24.6. The Morgan fingerprint density at radius 2 is 2.32 bits per heavy atom. The number of carbonyl (C=O) groups is 1. The lowest BCUT2D eigenvalue weighted by atomic mass is 10.2. The number of rotatable bonds is 6. The molecule has 0 aliphatic heterocycles. The second kappa shape index (κ2) is 6.23. The number of pyridine rings is 1. The van der Waals surface area contributed by atoms with Gasteiger partial charge in [0, 0.05) is 41.1 Å². The molecule has 0 aliphatic carbocycles. The van der Waals surface area contributed by atoms with Gasteiger partial charge in [0.1, 0.15) is 0 Å². The van der Waals surface area contributed by atoms with Crippen molar-refractivity contribution in [1.29, 1.82) is 0 Å². The van der Waals surface area contributed by atoms with Crippen molar-refractivity contribution >= 4 is 28.3 Å². The van der Waals surface area contributed by atoms with Crippen LogP contribution in [0.3, 0.4) is 0 Å². The molecule has 2 unspecified atom stereocenters. The largest absolute Gasteiger partial charge is 0.478 e. The minimum absolute atomic E-state index is 0.0343. The summed E-state index contributed by atoms with van der Waals surface area (Å²) in [5.74, 6) is -1.02. The molecular weight excluding hydrogens is 274 g/mol. The number of nitrogens with zero attached hydrogens (tertiary/aromatic N) is 2. The van der Waals surface area contributed by atoms with E-state index in [1.165, 1.54) is 6.26 Å². The van der Waals surface area contributed by atoms with Crippen molar-refractivity contribution in [3.63, 3.8) is 0 Å². The highest BCUT2D eigenvalue weighted by Crippen LogP contribution is 2.23. The third-order valence-electron chi connectivity index (χ3n) is 2.18. The third kappa shape index (κ3) is 4.28.